The van der Waals surface area contributed by atoms with E-state index in [2.05, 4.69) is 10.0 Å². The summed E-state index contributed by atoms with van der Waals surface area (Å²) in [5.74, 6) is -0.421. The van der Waals surface area contributed by atoms with Crippen LogP contribution in [-0.2, 0) is 27.9 Å². The molecule has 4 rings (SSSR count). The third kappa shape index (κ3) is 6.23. The molecule has 3 aromatic carbocycles. The third-order valence-corrected chi connectivity index (χ3v) is 7.14. The average Bonchev–Trinajstić information content (AvgIpc) is 3.26. The minimum atomic E-state index is -3.81. The molecule has 0 aliphatic rings. The lowest BCUT2D eigenvalue weighted by Gasteiger charge is -2.14. The maximum atomic E-state index is 12.8. The molecule has 180 valence electrons. The van der Waals surface area contributed by atoms with Crippen LogP contribution in [0.3, 0.4) is 0 Å². The molecule has 4 aromatic rings. The average molecular weight is 489 g/mol. The molecular formula is C27H28N4O3S. The van der Waals surface area contributed by atoms with E-state index in [4.69, 9.17) is 5.10 Å². The number of hydrogen-bond donors (Lipinski definition) is 2. The van der Waals surface area contributed by atoms with Crippen molar-refractivity contribution in [2.75, 3.05) is 0 Å². The van der Waals surface area contributed by atoms with E-state index in [9.17, 15) is 13.2 Å². The zero-order valence-electron chi connectivity index (χ0n) is 19.7. The van der Waals surface area contributed by atoms with E-state index in [0.29, 0.717) is 6.54 Å². The Balaban J connectivity index is 1.47. The Labute approximate surface area is 205 Å². The Hall–Kier alpha value is -3.75. The van der Waals surface area contributed by atoms with Crippen LogP contribution in [0, 0.1) is 6.92 Å². The number of carbonyl (C=O) groups is 1. The number of aryl methyl sites for hydroxylation is 1. The van der Waals surface area contributed by atoms with Gasteiger partial charge in [0.1, 0.15) is 0 Å². The molecule has 1 atom stereocenters. The van der Waals surface area contributed by atoms with E-state index in [-0.39, 0.29) is 11.4 Å². The first-order chi connectivity index (χ1) is 16.8. The summed E-state index contributed by atoms with van der Waals surface area (Å²) < 4.78 is 29.6. The molecule has 0 fully saturated rings. The van der Waals surface area contributed by atoms with Gasteiger partial charge in [-0.05, 0) is 31.5 Å². The molecule has 0 radical (unpaired) electrons. The number of sulfonamides is 1. The van der Waals surface area contributed by atoms with Crippen LogP contribution < -0.4 is 10.0 Å². The molecule has 0 aliphatic carbocycles. The number of carbonyl (C=O) groups excluding carboxylic acids is 1. The third-order valence-electron chi connectivity index (χ3n) is 5.58. The maximum absolute atomic E-state index is 12.8. The smallest absolute Gasteiger partial charge is 0.241 e. The first-order valence-electron chi connectivity index (χ1n) is 11.3. The maximum Gasteiger partial charge on any atom is 0.241 e. The van der Waals surface area contributed by atoms with E-state index < -0.39 is 22.0 Å². The predicted molar refractivity (Wildman–Crippen MR) is 136 cm³/mol. The molecule has 35 heavy (non-hydrogen) atoms. The van der Waals surface area contributed by atoms with Crippen molar-refractivity contribution in [2.45, 2.75) is 37.9 Å². The highest BCUT2D eigenvalue weighted by atomic mass is 32.2. The molecule has 2 N–H and O–H groups in total. The summed E-state index contributed by atoms with van der Waals surface area (Å²) in [6, 6.07) is 25.3. The summed E-state index contributed by atoms with van der Waals surface area (Å²) in [5.41, 5.74) is 4.63. The van der Waals surface area contributed by atoms with Gasteiger partial charge < -0.3 is 5.32 Å². The van der Waals surface area contributed by atoms with Crippen LogP contribution in [0.25, 0.3) is 11.3 Å². The molecule has 0 saturated carbocycles. The van der Waals surface area contributed by atoms with Crippen LogP contribution >= 0.6 is 0 Å². The number of hydrogen-bond acceptors (Lipinski definition) is 4. The van der Waals surface area contributed by atoms with E-state index >= 15 is 0 Å². The molecule has 0 bridgehead atoms. The Kier molecular flexibility index (Phi) is 7.43. The van der Waals surface area contributed by atoms with Crippen molar-refractivity contribution in [3.05, 3.63) is 108 Å². The van der Waals surface area contributed by atoms with Crippen LogP contribution in [0.5, 0.6) is 0 Å². The highest BCUT2D eigenvalue weighted by Crippen LogP contribution is 2.22. The lowest BCUT2D eigenvalue weighted by molar-refractivity contribution is -0.122. The Morgan fingerprint density at radius 2 is 1.57 bits per heavy atom. The summed E-state index contributed by atoms with van der Waals surface area (Å²) in [5, 5.41) is 7.61. The summed E-state index contributed by atoms with van der Waals surface area (Å²) in [6.45, 7) is 4.22. The van der Waals surface area contributed by atoms with Crippen molar-refractivity contribution in [3.8, 4) is 11.3 Å². The second kappa shape index (κ2) is 10.7. The number of nitrogens with one attached hydrogen (secondary N) is 2. The second-order valence-electron chi connectivity index (χ2n) is 8.43. The van der Waals surface area contributed by atoms with Gasteiger partial charge in [0, 0.05) is 23.9 Å². The Morgan fingerprint density at radius 1 is 0.943 bits per heavy atom. The van der Waals surface area contributed by atoms with Crippen molar-refractivity contribution < 1.29 is 13.2 Å². The number of rotatable bonds is 9. The van der Waals surface area contributed by atoms with Gasteiger partial charge in [0.15, 0.2) is 0 Å². The zero-order valence-corrected chi connectivity index (χ0v) is 20.5. The van der Waals surface area contributed by atoms with Crippen LogP contribution in [0.1, 0.15) is 23.6 Å². The number of nitrogens with zero attached hydrogens (tertiary/aromatic N) is 2. The Bertz CT molecular complexity index is 1380. The van der Waals surface area contributed by atoms with Gasteiger partial charge in [-0.1, -0.05) is 78.4 Å². The SMILES string of the molecule is Cc1ccc(S(=O)(=O)N[C@H](C)C(=O)NCc2cn(Cc3ccccc3)nc2-c2ccccc2)cc1. The number of benzene rings is 3. The zero-order chi connectivity index (χ0) is 24.8. The standard InChI is InChI=1S/C27H28N4O3S/c1-20-13-15-25(16-14-20)35(33,34)30-21(2)27(32)28-17-24-19-31(18-22-9-5-3-6-10-22)29-26(24)23-11-7-4-8-12-23/h3-16,19,21,30H,17-18H2,1-2H3,(H,28,32)/t21-/m1/s1. The highest BCUT2D eigenvalue weighted by molar-refractivity contribution is 7.89. The van der Waals surface area contributed by atoms with Gasteiger partial charge in [-0.15, -0.1) is 0 Å². The fourth-order valence-electron chi connectivity index (χ4n) is 3.69. The molecular weight excluding hydrogens is 460 g/mol. The summed E-state index contributed by atoms with van der Waals surface area (Å²) in [4.78, 5) is 12.9. The van der Waals surface area contributed by atoms with Gasteiger partial charge in [0.2, 0.25) is 15.9 Å². The Morgan fingerprint density at radius 3 is 2.23 bits per heavy atom. The monoisotopic (exact) mass is 488 g/mol. The van der Waals surface area contributed by atoms with Crippen molar-refractivity contribution in [3.63, 3.8) is 0 Å². The summed E-state index contributed by atoms with van der Waals surface area (Å²) in [6.07, 6.45) is 1.91. The molecule has 0 unspecified atom stereocenters. The van der Waals surface area contributed by atoms with Crippen LogP contribution in [0.4, 0.5) is 0 Å². The van der Waals surface area contributed by atoms with Gasteiger partial charge in [-0.25, -0.2) is 8.42 Å². The van der Waals surface area contributed by atoms with Crippen LogP contribution in [0.15, 0.2) is 96.0 Å². The summed E-state index contributed by atoms with van der Waals surface area (Å²) in [7, 11) is -3.81. The fraction of sp³-hybridized carbons (Fsp3) is 0.185. The lowest BCUT2D eigenvalue weighted by atomic mass is 10.1. The minimum Gasteiger partial charge on any atom is -0.351 e. The van der Waals surface area contributed by atoms with Crippen molar-refractivity contribution in [2.24, 2.45) is 0 Å². The normalized spacial score (nSPS) is 12.3. The molecule has 1 aromatic heterocycles. The predicted octanol–water partition coefficient (Wildman–Crippen LogP) is 3.89. The first-order valence-corrected chi connectivity index (χ1v) is 12.8. The van der Waals surface area contributed by atoms with E-state index in [0.717, 1.165) is 27.9 Å². The number of amides is 1. The lowest BCUT2D eigenvalue weighted by Crippen LogP contribution is -2.44. The van der Waals surface area contributed by atoms with Gasteiger partial charge in [0.25, 0.3) is 0 Å². The van der Waals surface area contributed by atoms with E-state index in [1.807, 2.05) is 78.5 Å². The number of aromatic nitrogens is 2. The molecule has 0 aliphatic heterocycles. The molecule has 1 amide bonds. The van der Waals surface area contributed by atoms with Crippen molar-refractivity contribution in [1.29, 1.82) is 0 Å². The van der Waals surface area contributed by atoms with Gasteiger partial charge >= 0.3 is 0 Å². The van der Waals surface area contributed by atoms with E-state index in [1.54, 1.807) is 12.1 Å². The highest BCUT2D eigenvalue weighted by Gasteiger charge is 2.22. The van der Waals surface area contributed by atoms with Gasteiger partial charge in [-0.3, -0.25) is 9.48 Å². The fourth-order valence-corrected chi connectivity index (χ4v) is 4.89. The second-order valence-corrected chi connectivity index (χ2v) is 10.1. The van der Waals surface area contributed by atoms with Crippen molar-refractivity contribution >= 4 is 15.9 Å². The van der Waals surface area contributed by atoms with Crippen LogP contribution in [-0.4, -0.2) is 30.1 Å². The molecule has 8 heteroatoms. The summed E-state index contributed by atoms with van der Waals surface area (Å²) >= 11 is 0. The quantitative estimate of drug-likeness (QED) is 0.374. The van der Waals surface area contributed by atoms with E-state index in [1.165, 1.54) is 19.1 Å². The topological polar surface area (TPSA) is 93.1 Å². The largest absolute Gasteiger partial charge is 0.351 e. The molecule has 0 saturated heterocycles. The molecule has 7 nitrogen and oxygen atoms in total. The van der Waals surface area contributed by atoms with Crippen molar-refractivity contribution in [1.82, 2.24) is 19.8 Å². The van der Waals surface area contributed by atoms with Gasteiger partial charge in [0.05, 0.1) is 23.2 Å². The molecule has 1 heterocycles. The van der Waals surface area contributed by atoms with Crippen LogP contribution in [0.2, 0.25) is 0 Å². The molecule has 0 spiro atoms. The minimum absolute atomic E-state index is 0.122. The first kappa shape index (κ1) is 24.4. The van der Waals surface area contributed by atoms with Gasteiger partial charge in [-0.2, -0.15) is 9.82 Å².